The van der Waals surface area contributed by atoms with Crippen LogP contribution in [-0.4, -0.2) is 9.97 Å². The van der Waals surface area contributed by atoms with Gasteiger partial charge in [0.25, 0.3) is 0 Å². The standard InChI is InChI=1S/C22H17F4N3/c1-13-8-15(9-14-2-4-16(5-3-14)22(24,25)26)11-28-21(13)29-17-6-7-18-19(23)12-27-20(18)10-17/h2-8,10-12,27H,9H2,1H3,(H,28,29). The zero-order valence-corrected chi connectivity index (χ0v) is 15.4. The molecule has 0 aliphatic heterocycles. The van der Waals surface area contributed by atoms with Gasteiger partial charge in [0.05, 0.1) is 11.1 Å². The second-order valence-corrected chi connectivity index (χ2v) is 6.90. The summed E-state index contributed by atoms with van der Waals surface area (Å²) in [5.41, 5.74) is 3.37. The molecule has 7 heteroatoms. The lowest BCUT2D eigenvalue weighted by Crippen LogP contribution is -2.04. The Labute approximate surface area is 164 Å². The third kappa shape index (κ3) is 4.08. The van der Waals surface area contributed by atoms with E-state index in [-0.39, 0.29) is 5.82 Å². The number of aromatic amines is 1. The first-order chi connectivity index (χ1) is 13.8. The molecule has 29 heavy (non-hydrogen) atoms. The van der Waals surface area contributed by atoms with Crippen LogP contribution in [0.1, 0.15) is 22.3 Å². The van der Waals surface area contributed by atoms with Gasteiger partial charge in [-0.3, -0.25) is 0 Å². The fourth-order valence-corrected chi connectivity index (χ4v) is 3.21. The topological polar surface area (TPSA) is 40.7 Å². The molecule has 0 atom stereocenters. The molecule has 148 valence electrons. The number of hydrogen-bond acceptors (Lipinski definition) is 2. The average Bonchev–Trinajstić information content (AvgIpc) is 3.04. The van der Waals surface area contributed by atoms with Crippen molar-refractivity contribution in [1.29, 1.82) is 0 Å². The van der Waals surface area contributed by atoms with Gasteiger partial charge in [0.15, 0.2) is 0 Å². The Bertz CT molecular complexity index is 1160. The molecule has 2 aromatic carbocycles. The Morgan fingerprint density at radius 3 is 2.45 bits per heavy atom. The molecule has 2 aromatic heterocycles. The molecule has 0 amide bonds. The number of fused-ring (bicyclic) bond motifs is 1. The number of anilines is 2. The van der Waals surface area contributed by atoms with Gasteiger partial charge >= 0.3 is 6.18 Å². The Morgan fingerprint density at radius 1 is 1.00 bits per heavy atom. The van der Waals surface area contributed by atoms with Gasteiger partial charge in [0.2, 0.25) is 0 Å². The number of aromatic nitrogens is 2. The first kappa shape index (κ1) is 19.0. The first-order valence-electron chi connectivity index (χ1n) is 8.95. The number of nitrogens with zero attached hydrogens (tertiary/aromatic N) is 1. The van der Waals surface area contributed by atoms with E-state index in [1.54, 1.807) is 24.4 Å². The van der Waals surface area contributed by atoms with E-state index in [0.29, 0.717) is 23.1 Å². The van der Waals surface area contributed by atoms with Crippen LogP contribution in [0.2, 0.25) is 0 Å². The van der Waals surface area contributed by atoms with Gasteiger partial charge in [-0.15, -0.1) is 0 Å². The number of benzene rings is 2. The summed E-state index contributed by atoms with van der Waals surface area (Å²) in [4.78, 5) is 7.31. The van der Waals surface area contributed by atoms with Crippen LogP contribution < -0.4 is 5.32 Å². The fourth-order valence-electron chi connectivity index (χ4n) is 3.21. The van der Waals surface area contributed by atoms with Crippen LogP contribution >= 0.6 is 0 Å². The molecular formula is C22H17F4N3. The van der Waals surface area contributed by atoms with Gasteiger partial charge in [0.1, 0.15) is 11.6 Å². The third-order valence-electron chi connectivity index (χ3n) is 4.72. The number of H-pyrrole nitrogens is 1. The average molecular weight is 399 g/mol. The molecule has 2 heterocycles. The van der Waals surface area contributed by atoms with E-state index in [2.05, 4.69) is 15.3 Å². The molecule has 0 bridgehead atoms. The Hall–Kier alpha value is -3.35. The number of pyridine rings is 1. The number of rotatable bonds is 4. The maximum Gasteiger partial charge on any atom is 0.416 e. The van der Waals surface area contributed by atoms with Crippen molar-refractivity contribution in [3.63, 3.8) is 0 Å². The second kappa shape index (κ2) is 7.24. The lowest BCUT2D eigenvalue weighted by atomic mass is 10.0. The molecule has 0 spiro atoms. The van der Waals surface area contributed by atoms with Gasteiger partial charge < -0.3 is 10.3 Å². The minimum Gasteiger partial charge on any atom is -0.358 e. The van der Waals surface area contributed by atoms with Crippen LogP contribution in [-0.2, 0) is 12.6 Å². The molecule has 3 nitrogen and oxygen atoms in total. The number of halogens is 4. The quantitative estimate of drug-likeness (QED) is 0.392. The summed E-state index contributed by atoms with van der Waals surface area (Å²) in [6.45, 7) is 1.90. The van der Waals surface area contributed by atoms with E-state index in [1.807, 2.05) is 13.0 Å². The summed E-state index contributed by atoms with van der Waals surface area (Å²) < 4.78 is 51.6. The summed E-state index contributed by atoms with van der Waals surface area (Å²) in [6.07, 6.45) is -0.841. The van der Waals surface area contributed by atoms with Crippen molar-refractivity contribution in [2.24, 2.45) is 0 Å². The maximum absolute atomic E-state index is 13.6. The van der Waals surface area contributed by atoms with Crippen molar-refractivity contribution in [2.45, 2.75) is 19.5 Å². The first-order valence-corrected chi connectivity index (χ1v) is 8.95. The molecule has 0 fully saturated rings. The van der Waals surface area contributed by atoms with Crippen LogP contribution in [0.5, 0.6) is 0 Å². The van der Waals surface area contributed by atoms with Gasteiger partial charge in [-0.1, -0.05) is 18.2 Å². The summed E-state index contributed by atoms with van der Waals surface area (Å²) in [5.74, 6) is 0.362. The molecular weight excluding hydrogens is 382 g/mol. The van der Waals surface area contributed by atoms with E-state index < -0.39 is 11.7 Å². The number of nitrogens with one attached hydrogen (secondary N) is 2. The highest BCUT2D eigenvalue weighted by Gasteiger charge is 2.29. The van der Waals surface area contributed by atoms with Crippen molar-refractivity contribution in [1.82, 2.24) is 9.97 Å². The molecule has 0 radical (unpaired) electrons. The van der Waals surface area contributed by atoms with Gasteiger partial charge in [-0.25, -0.2) is 9.37 Å². The summed E-state index contributed by atoms with van der Waals surface area (Å²) in [7, 11) is 0. The highest BCUT2D eigenvalue weighted by atomic mass is 19.4. The van der Waals surface area contributed by atoms with Gasteiger partial charge in [-0.2, -0.15) is 13.2 Å². The van der Waals surface area contributed by atoms with Crippen LogP contribution in [0.3, 0.4) is 0 Å². The molecule has 0 aliphatic carbocycles. The van der Waals surface area contributed by atoms with E-state index in [0.717, 1.165) is 34.5 Å². The van der Waals surface area contributed by atoms with Crippen LogP contribution in [0.15, 0.2) is 60.9 Å². The lowest BCUT2D eigenvalue weighted by molar-refractivity contribution is -0.137. The summed E-state index contributed by atoms with van der Waals surface area (Å²) in [5, 5.41) is 3.73. The summed E-state index contributed by atoms with van der Waals surface area (Å²) >= 11 is 0. The maximum atomic E-state index is 13.6. The SMILES string of the molecule is Cc1cc(Cc2ccc(C(F)(F)F)cc2)cnc1Nc1ccc2c(F)c[nH]c2c1. The zero-order chi connectivity index (χ0) is 20.6. The molecule has 0 unspecified atom stereocenters. The third-order valence-corrected chi connectivity index (χ3v) is 4.72. The molecule has 0 saturated heterocycles. The Morgan fingerprint density at radius 2 is 1.76 bits per heavy atom. The fraction of sp³-hybridized carbons (Fsp3) is 0.136. The Kier molecular flexibility index (Phi) is 4.74. The van der Waals surface area contributed by atoms with Gasteiger partial charge in [-0.05, 0) is 60.4 Å². The van der Waals surface area contributed by atoms with Crippen molar-refractivity contribution in [3.8, 4) is 0 Å². The molecule has 0 saturated carbocycles. The number of hydrogen-bond donors (Lipinski definition) is 2. The molecule has 0 aliphatic rings. The second-order valence-electron chi connectivity index (χ2n) is 6.90. The minimum absolute atomic E-state index is 0.298. The van der Waals surface area contributed by atoms with Crippen molar-refractivity contribution in [3.05, 3.63) is 89.0 Å². The van der Waals surface area contributed by atoms with Crippen LogP contribution in [0, 0.1) is 12.7 Å². The zero-order valence-electron chi connectivity index (χ0n) is 15.4. The van der Waals surface area contributed by atoms with E-state index in [1.165, 1.54) is 18.3 Å². The predicted molar refractivity (Wildman–Crippen MR) is 105 cm³/mol. The smallest absolute Gasteiger partial charge is 0.358 e. The Balaban J connectivity index is 1.49. The highest BCUT2D eigenvalue weighted by molar-refractivity contribution is 5.84. The van der Waals surface area contributed by atoms with Crippen molar-refractivity contribution >= 4 is 22.4 Å². The van der Waals surface area contributed by atoms with Crippen LogP contribution in [0.4, 0.5) is 29.1 Å². The molecule has 4 rings (SSSR count). The monoisotopic (exact) mass is 399 g/mol. The highest BCUT2D eigenvalue weighted by Crippen LogP contribution is 2.29. The summed E-state index contributed by atoms with van der Waals surface area (Å²) in [6, 6.07) is 12.4. The van der Waals surface area contributed by atoms with Crippen molar-refractivity contribution < 1.29 is 17.6 Å². The van der Waals surface area contributed by atoms with E-state index in [9.17, 15) is 17.6 Å². The normalized spacial score (nSPS) is 11.8. The largest absolute Gasteiger partial charge is 0.416 e. The van der Waals surface area contributed by atoms with E-state index >= 15 is 0 Å². The lowest BCUT2D eigenvalue weighted by Gasteiger charge is -2.11. The minimum atomic E-state index is -4.33. The van der Waals surface area contributed by atoms with Crippen molar-refractivity contribution in [2.75, 3.05) is 5.32 Å². The van der Waals surface area contributed by atoms with E-state index in [4.69, 9.17) is 0 Å². The molecule has 2 N–H and O–H groups in total. The van der Waals surface area contributed by atoms with Crippen LogP contribution in [0.25, 0.3) is 10.9 Å². The predicted octanol–water partition coefficient (Wildman–Crippen LogP) is 6.36. The number of aryl methyl sites for hydroxylation is 1. The number of alkyl halides is 3. The molecule has 4 aromatic rings. The van der Waals surface area contributed by atoms with Gasteiger partial charge in [0, 0.05) is 23.5 Å².